The summed E-state index contributed by atoms with van der Waals surface area (Å²) in [5, 5.41) is 7.92. The maximum atomic E-state index is 4.72. The molecule has 0 aromatic carbocycles. The van der Waals surface area contributed by atoms with Crippen molar-refractivity contribution < 1.29 is 0 Å². The van der Waals surface area contributed by atoms with Crippen molar-refractivity contribution in [3.63, 3.8) is 0 Å². The summed E-state index contributed by atoms with van der Waals surface area (Å²) < 4.78 is 6.06. The van der Waals surface area contributed by atoms with E-state index in [-0.39, 0.29) is 0 Å². The molecule has 0 unspecified atom stereocenters. The minimum atomic E-state index is -2.22. The summed E-state index contributed by atoms with van der Waals surface area (Å²) in [6, 6.07) is 2.37. The number of unbranched alkanes of at least 4 members (excludes halogenated alkanes) is 3. The summed E-state index contributed by atoms with van der Waals surface area (Å²) in [5.41, 5.74) is 1.25. The Bertz CT molecular complexity index is 324. The molecule has 19 heavy (non-hydrogen) atoms. The first-order valence-corrected chi connectivity index (χ1v) is 15.7. The second-order valence-electron chi connectivity index (χ2n) is 6.03. The third-order valence-electron chi connectivity index (χ3n) is 4.28. The van der Waals surface area contributed by atoms with Crippen LogP contribution in [0, 0.1) is 6.92 Å². The van der Waals surface area contributed by atoms with Crippen molar-refractivity contribution in [2.75, 3.05) is 0 Å². The van der Waals surface area contributed by atoms with Crippen molar-refractivity contribution in [1.29, 1.82) is 0 Å². The number of nitrogens with zero attached hydrogens (tertiary/aromatic N) is 1. The van der Waals surface area contributed by atoms with E-state index in [0.717, 1.165) is 0 Å². The Kier molecular flexibility index (Phi) is 8.12. The van der Waals surface area contributed by atoms with E-state index in [0.29, 0.717) is 0 Å². The van der Waals surface area contributed by atoms with Crippen LogP contribution in [0.3, 0.4) is 0 Å². The average Bonchev–Trinajstić information content (AvgIpc) is 2.85. The van der Waals surface area contributed by atoms with E-state index in [1.807, 2.05) is 0 Å². The number of aromatic nitrogens is 2. The molecule has 0 atom stereocenters. The van der Waals surface area contributed by atoms with Gasteiger partial charge in [-0.25, -0.2) is 0 Å². The van der Waals surface area contributed by atoms with Crippen LogP contribution in [0.25, 0.3) is 0 Å². The number of nitrogens with one attached hydrogen (secondary N) is 1. The van der Waals surface area contributed by atoms with Gasteiger partial charge in [0.05, 0.1) is 0 Å². The Morgan fingerprint density at radius 3 is 1.74 bits per heavy atom. The standard InChI is InChI=1S/C4H5N2.3C4H9.Sn/c1-4-2-3-5-6-4;3*1-3-4-2;/h2H,1H3,(H,5,6);3*1,3-4H2,2H3;. The van der Waals surface area contributed by atoms with Crippen molar-refractivity contribution in [2.24, 2.45) is 0 Å². The van der Waals surface area contributed by atoms with Crippen LogP contribution in [0.5, 0.6) is 0 Å². The molecule has 0 amide bonds. The van der Waals surface area contributed by atoms with Gasteiger partial charge in [0.25, 0.3) is 0 Å². The fourth-order valence-electron chi connectivity index (χ4n) is 2.99. The molecule has 1 aromatic rings. The monoisotopic (exact) mass is 372 g/mol. The maximum absolute atomic E-state index is 4.72. The molecule has 0 aliphatic carbocycles. The Balaban J connectivity index is 2.93. The van der Waals surface area contributed by atoms with Crippen molar-refractivity contribution in [1.82, 2.24) is 10.2 Å². The van der Waals surface area contributed by atoms with Crippen LogP contribution in [-0.4, -0.2) is 28.6 Å². The predicted molar refractivity (Wildman–Crippen MR) is 87.9 cm³/mol. The summed E-state index contributed by atoms with van der Waals surface area (Å²) in [5.74, 6) is 0. The van der Waals surface area contributed by atoms with Gasteiger partial charge in [0.1, 0.15) is 0 Å². The number of hydrogen-bond acceptors (Lipinski definition) is 1. The molecule has 0 aliphatic heterocycles. The summed E-state index contributed by atoms with van der Waals surface area (Å²) in [4.78, 5) is 0. The molecule has 0 spiro atoms. The van der Waals surface area contributed by atoms with Crippen LogP contribution in [0.4, 0.5) is 0 Å². The topological polar surface area (TPSA) is 28.7 Å². The van der Waals surface area contributed by atoms with Crippen LogP contribution in [0.2, 0.25) is 13.3 Å². The van der Waals surface area contributed by atoms with E-state index < -0.39 is 18.4 Å². The summed E-state index contributed by atoms with van der Waals surface area (Å²) in [7, 11) is 0. The van der Waals surface area contributed by atoms with E-state index in [1.54, 1.807) is 0 Å². The third-order valence-corrected chi connectivity index (χ3v) is 19.3. The van der Waals surface area contributed by atoms with Crippen LogP contribution >= 0.6 is 0 Å². The zero-order valence-corrected chi connectivity index (χ0v) is 16.2. The first-order chi connectivity index (χ1) is 9.18. The molecule has 1 N–H and O–H groups in total. The number of aromatic amines is 1. The zero-order valence-electron chi connectivity index (χ0n) is 13.4. The van der Waals surface area contributed by atoms with E-state index in [2.05, 4.69) is 38.9 Å². The van der Waals surface area contributed by atoms with Crippen molar-refractivity contribution in [2.45, 2.75) is 79.5 Å². The van der Waals surface area contributed by atoms with E-state index in [4.69, 9.17) is 5.10 Å². The molecule has 1 aromatic heterocycles. The van der Waals surface area contributed by atoms with Gasteiger partial charge in [-0.2, -0.15) is 0 Å². The molecule has 0 radical (unpaired) electrons. The van der Waals surface area contributed by atoms with E-state index in [9.17, 15) is 0 Å². The SMILES string of the molecule is CCC[CH2][Sn]([CH2]CCC)([CH2]CCC)[c]1cc(C)[nH]n1. The average molecular weight is 371 g/mol. The van der Waals surface area contributed by atoms with Gasteiger partial charge in [-0.05, 0) is 0 Å². The molecule has 2 nitrogen and oxygen atoms in total. The Morgan fingerprint density at radius 1 is 0.947 bits per heavy atom. The quantitative estimate of drug-likeness (QED) is 0.590. The first kappa shape index (κ1) is 17.1. The Labute approximate surface area is 123 Å². The predicted octanol–water partition coefficient (Wildman–Crippen LogP) is 4.77. The van der Waals surface area contributed by atoms with Gasteiger partial charge < -0.3 is 0 Å². The van der Waals surface area contributed by atoms with Gasteiger partial charge in [-0.15, -0.1) is 0 Å². The molecule has 0 saturated heterocycles. The van der Waals surface area contributed by atoms with Gasteiger partial charge in [-0.3, -0.25) is 0 Å². The van der Waals surface area contributed by atoms with Crippen LogP contribution in [0.15, 0.2) is 6.07 Å². The van der Waals surface area contributed by atoms with Crippen LogP contribution in [-0.2, 0) is 0 Å². The minimum absolute atomic E-state index is 1.25. The molecule has 110 valence electrons. The van der Waals surface area contributed by atoms with Crippen LogP contribution < -0.4 is 3.71 Å². The second kappa shape index (κ2) is 9.04. The molecule has 0 saturated carbocycles. The van der Waals surface area contributed by atoms with Gasteiger partial charge in [0.15, 0.2) is 0 Å². The normalized spacial score (nSPS) is 12.0. The molecule has 3 heteroatoms. The third kappa shape index (κ3) is 5.13. The zero-order chi connectivity index (χ0) is 14.1. The first-order valence-electron chi connectivity index (χ1n) is 8.21. The number of hydrogen-bond donors (Lipinski definition) is 1. The van der Waals surface area contributed by atoms with Crippen LogP contribution in [0.1, 0.15) is 65.0 Å². The van der Waals surface area contributed by atoms with Gasteiger partial charge in [0.2, 0.25) is 0 Å². The fourth-order valence-corrected chi connectivity index (χ4v) is 18.5. The summed E-state index contributed by atoms with van der Waals surface area (Å²) in [6.07, 6.45) is 8.24. The van der Waals surface area contributed by atoms with Gasteiger partial charge in [-0.1, -0.05) is 0 Å². The Hall–Kier alpha value is 0.00870. The molecular formula is C16H32N2Sn. The van der Waals surface area contributed by atoms with E-state index in [1.165, 1.54) is 61.2 Å². The molecule has 1 heterocycles. The number of aryl methyl sites for hydroxylation is 1. The second-order valence-corrected chi connectivity index (χ2v) is 19.1. The molecular weight excluding hydrogens is 339 g/mol. The van der Waals surface area contributed by atoms with Crippen molar-refractivity contribution in [3.8, 4) is 0 Å². The van der Waals surface area contributed by atoms with Gasteiger partial charge >= 0.3 is 124 Å². The van der Waals surface area contributed by atoms with E-state index >= 15 is 0 Å². The van der Waals surface area contributed by atoms with Gasteiger partial charge in [0, 0.05) is 0 Å². The summed E-state index contributed by atoms with van der Waals surface area (Å²) in [6.45, 7) is 9.12. The number of H-pyrrole nitrogens is 1. The molecule has 1 rings (SSSR count). The summed E-state index contributed by atoms with van der Waals surface area (Å²) >= 11 is -2.22. The molecule has 0 aliphatic rings. The molecule has 0 fully saturated rings. The number of rotatable bonds is 10. The Morgan fingerprint density at radius 2 is 1.42 bits per heavy atom. The fraction of sp³-hybridized carbons (Fsp3) is 0.812. The van der Waals surface area contributed by atoms with Crippen molar-refractivity contribution in [3.05, 3.63) is 11.8 Å². The molecule has 0 bridgehead atoms. The van der Waals surface area contributed by atoms with Crippen molar-refractivity contribution >= 4 is 22.1 Å².